The second kappa shape index (κ2) is 7.91. The standard InChI is InChI=1S/C24H29N7O2/c1-23-7-8-24(2,30-23)12-17(11-23)31(3)20-14-25-22(29-27-20)18-6-5-15(9-19(18)32)16-10-21(33-4)28-26-13-16/h5-6,9-10,13-14,17,30,32H,7-8,11-12H2,1-4H3/t17-,23-,24+. The molecule has 9 nitrogen and oxygen atoms in total. The molecule has 2 bridgehead atoms. The van der Waals surface area contributed by atoms with E-state index in [4.69, 9.17) is 4.74 Å². The zero-order chi connectivity index (χ0) is 23.2. The number of anilines is 1. The second-order valence-electron chi connectivity index (χ2n) is 9.78. The highest BCUT2D eigenvalue weighted by Crippen LogP contribution is 2.43. The van der Waals surface area contributed by atoms with Crippen molar-refractivity contribution in [3.63, 3.8) is 0 Å². The van der Waals surface area contributed by atoms with E-state index in [9.17, 15) is 5.11 Å². The topological polar surface area (TPSA) is 109 Å². The minimum Gasteiger partial charge on any atom is -0.507 e. The number of phenols is 1. The number of hydrogen-bond donors (Lipinski definition) is 2. The number of piperidine rings is 1. The maximum atomic E-state index is 10.6. The van der Waals surface area contributed by atoms with Gasteiger partial charge < -0.3 is 20.1 Å². The first-order chi connectivity index (χ1) is 15.8. The van der Waals surface area contributed by atoms with Gasteiger partial charge in [0, 0.05) is 35.8 Å². The van der Waals surface area contributed by atoms with Crippen LogP contribution in [0.25, 0.3) is 22.5 Å². The molecule has 0 amide bonds. The van der Waals surface area contributed by atoms with E-state index in [1.165, 1.54) is 20.0 Å². The molecule has 2 saturated heterocycles. The molecule has 172 valence electrons. The van der Waals surface area contributed by atoms with E-state index in [0.29, 0.717) is 23.3 Å². The quantitative estimate of drug-likeness (QED) is 0.609. The van der Waals surface area contributed by atoms with Gasteiger partial charge in [0.2, 0.25) is 5.88 Å². The highest BCUT2D eigenvalue weighted by molar-refractivity contribution is 5.72. The van der Waals surface area contributed by atoms with E-state index in [2.05, 4.69) is 56.5 Å². The third kappa shape index (κ3) is 4.08. The van der Waals surface area contributed by atoms with Gasteiger partial charge in [0.05, 0.1) is 25.1 Å². The first kappa shape index (κ1) is 21.5. The zero-order valence-corrected chi connectivity index (χ0v) is 19.4. The van der Waals surface area contributed by atoms with Crippen LogP contribution in [-0.2, 0) is 0 Å². The molecule has 2 aliphatic heterocycles. The van der Waals surface area contributed by atoms with Crippen LogP contribution in [0.1, 0.15) is 39.5 Å². The van der Waals surface area contributed by atoms with Crippen molar-refractivity contribution in [1.29, 1.82) is 0 Å². The van der Waals surface area contributed by atoms with E-state index in [1.807, 2.05) is 6.07 Å². The van der Waals surface area contributed by atoms with Crippen molar-refractivity contribution in [2.45, 2.75) is 56.7 Å². The van der Waals surface area contributed by atoms with Gasteiger partial charge in [-0.15, -0.1) is 15.3 Å². The molecule has 0 aliphatic carbocycles. The molecule has 5 rings (SSSR count). The molecule has 0 spiro atoms. The maximum Gasteiger partial charge on any atom is 0.233 e. The molecule has 1 aromatic carbocycles. The minimum atomic E-state index is 0.0713. The number of phenolic OH excluding ortho intramolecular Hbond substituents is 1. The third-order valence-corrected chi connectivity index (χ3v) is 7.08. The molecule has 2 aliphatic rings. The average molecular weight is 448 g/mol. The van der Waals surface area contributed by atoms with Crippen molar-refractivity contribution in [1.82, 2.24) is 30.7 Å². The number of methoxy groups -OCH3 is 1. The molecule has 33 heavy (non-hydrogen) atoms. The fourth-order valence-corrected chi connectivity index (χ4v) is 5.34. The molecular weight excluding hydrogens is 418 g/mol. The number of nitrogens with one attached hydrogen (secondary N) is 1. The van der Waals surface area contributed by atoms with Crippen molar-refractivity contribution in [3.05, 3.63) is 36.7 Å². The van der Waals surface area contributed by atoms with Gasteiger partial charge in [0.15, 0.2) is 11.6 Å². The minimum absolute atomic E-state index is 0.0713. The molecule has 0 unspecified atom stereocenters. The lowest BCUT2D eigenvalue weighted by Gasteiger charge is -2.45. The number of benzene rings is 1. The van der Waals surface area contributed by atoms with Crippen LogP contribution < -0.4 is 15.0 Å². The van der Waals surface area contributed by atoms with E-state index in [0.717, 1.165) is 29.8 Å². The average Bonchev–Trinajstić information content (AvgIpc) is 3.05. The Kier molecular flexibility index (Phi) is 5.16. The number of nitrogens with zero attached hydrogens (tertiary/aromatic N) is 6. The van der Waals surface area contributed by atoms with Crippen LogP contribution in [0.3, 0.4) is 0 Å². The van der Waals surface area contributed by atoms with E-state index in [1.54, 1.807) is 30.6 Å². The molecule has 2 fully saturated rings. The summed E-state index contributed by atoms with van der Waals surface area (Å²) in [6.07, 6.45) is 7.90. The third-order valence-electron chi connectivity index (χ3n) is 7.08. The molecule has 0 radical (unpaired) electrons. The second-order valence-corrected chi connectivity index (χ2v) is 9.78. The Morgan fingerprint density at radius 1 is 1.03 bits per heavy atom. The molecule has 0 saturated carbocycles. The Hall–Kier alpha value is -3.33. The summed E-state index contributed by atoms with van der Waals surface area (Å²) in [5.41, 5.74) is 2.45. The van der Waals surface area contributed by atoms with Crippen molar-refractivity contribution >= 4 is 5.82 Å². The zero-order valence-electron chi connectivity index (χ0n) is 19.4. The monoisotopic (exact) mass is 447 g/mol. The van der Waals surface area contributed by atoms with E-state index >= 15 is 0 Å². The largest absolute Gasteiger partial charge is 0.507 e. The van der Waals surface area contributed by atoms with Crippen molar-refractivity contribution in [2.75, 3.05) is 19.1 Å². The molecule has 3 atom stereocenters. The molecule has 2 aromatic heterocycles. The first-order valence-corrected chi connectivity index (χ1v) is 11.2. The maximum absolute atomic E-state index is 10.6. The predicted octanol–water partition coefficient (Wildman–Crippen LogP) is 3.21. The van der Waals surface area contributed by atoms with Gasteiger partial charge in [-0.3, -0.25) is 0 Å². The Labute approximate surface area is 193 Å². The summed E-state index contributed by atoms with van der Waals surface area (Å²) in [4.78, 5) is 6.70. The molecule has 3 aromatic rings. The van der Waals surface area contributed by atoms with E-state index < -0.39 is 0 Å². The van der Waals surface area contributed by atoms with Crippen molar-refractivity contribution in [3.8, 4) is 34.1 Å². The lowest BCUT2D eigenvalue weighted by Crippen LogP contribution is -2.58. The Bertz CT molecular complexity index is 1150. The fourth-order valence-electron chi connectivity index (χ4n) is 5.34. The van der Waals surface area contributed by atoms with Crippen LogP contribution in [0.5, 0.6) is 11.6 Å². The van der Waals surface area contributed by atoms with Gasteiger partial charge in [0.1, 0.15) is 5.75 Å². The van der Waals surface area contributed by atoms with Gasteiger partial charge in [0.25, 0.3) is 0 Å². The number of aromatic hydroxyl groups is 1. The molecule has 2 N–H and O–H groups in total. The van der Waals surface area contributed by atoms with Gasteiger partial charge in [-0.1, -0.05) is 6.07 Å². The Morgan fingerprint density at radius 2 is 1.79 bits per heavy atom. The summed E-state index contributed by atoms with van der Waals surface area (Å²) in [6.45, 7) is 4.63. The van der Waals surface area contributed by atoms with Crippen molar-refractivity contribution < 1.29 is 9.84 Å². The number of fused-ring (bicyclic) bond motifs is 2. The lowest BCUT2D eigenvalue weighted by atomic mass is 9.84. The predicted molar refractivity (Wildman–Crippen MR) is 125 cm³/mol. The first-order valence-electron chi connectivity index (χ1n) is 11.2. The van der Waals surface area contributed by atoms with Crippen LogP contribution >= 0.6 is 0 Å². The molecule has 9 heteroatoms. The molecular formula is C24H29N7O2. The van der Waals surface area contributed by atoms with Gasteiger partial charge in [-0.25, -0.2) is 4.98 Å². The SMILES string of the molecule is COc1cc(-c2ccc(-c3ncc(N(C)[C@H]4C[C@]5(C)CC[C@](C)(C4)N5)nn3)c(O)c2)cnn1. The van der Waals surface area contributed by atoms with Crippen LogP contribution in [0.4, 0.5) is 5.82 Å². The summed E-state index contributed by atoms with van der Waals surface area (Å²) in [7, 11) is 3.60. The van der Waals surface area contributed by atoms with Crippen molar-refractivity contribution in [2.24, 2.45) is 0 Å². The summed E-state index contributed by atoms with van der Waals surface area (Å²) in [6, 6.07) is 7.45. The normalized spacial score (nSPS) is 26.2. The fraction of sp³-hybridized carbons (Fsp3) is 0.458. The highest BCUT2D eigenvalue weighted by Gasteiger charge is 2.49. The number of hydrogen-bond acceptors (Lipinski definition) is 9. The van der Waals surface area contributed by atoms with Crippen LogP contribution in [-0.4, -0.2) is 61.8 Å². The van der Waals surface area contributed by atoms with E-state index in [-0.39, 0.29) is 16.8 Å². The Balaban J connectivity index is 1.35. The van der Waals surface area contributed by atoms with Crippen LogP contribution in [0.15, 0.2) is 36.7 Å². The smallest absolute Gasteiger partial charge is 0.233 e. The summed E-state index contributed by atoms with van der Waals surface area (Å²) < 4.78 is 5.13. The Morgan fingerprint density at radius 3 is 2.42 bits per heavy atom. The number of ether oxygens (including phenoxy) is 1. The highest BCUT2D eigenvalue weighted by atomic mass is 16.5. The van der Waals surface area contributed by atoms with Crippen LogP contribution in [0.2, 0.25) is 0 Å². The van der Waals surface area contributed by atoms with Gasteiger partial charge in [-0.05, 0) is 57.2 Å². The number of rotatable bonds is 5. The number of aromatic nitrogens is 5. The summed E-state index contributed by atoms with van der Waals surface area (Å²) in [5.74, 6) is 1.60. The lowest BCUT2D eigenvalue weighted by molar-refractivity contribution is 0.207. The summed E-state index contributed by atoms with van der Waals surface area (Å²) >= 11 is 0. The molecule has 4 heterocycles. The summed E-state index contributed by atoms with van der Waals surface area (Å²) in [5, 5.41) is 31.0. The van der Waals surface area contributed by atoms with Gasteiger partial charge in [-0.2, -0.15) is 5.10 Å². The van der Waals surface area contributed by atoms with Gasteiger partial charge >= 0.3 is 0 Å². The van der Waals surface area contributed by atoms with Crippen LogP contribution in [0, 0.1) is 0 Å².